The van der Waals surface area contributed by atoms with Crippen LogP contribution in [0, 0.1) is 0 Å². The van der Waals surface area contributed by atoms with Crippen molar-refractivity contribution in [1.82, 2.24) is 5.32 Å². The summed E-state index contributed by atoms with van der Waals surface area (Å²) in [7, 11) is 1.69. The zero-order chi connectivity index (χ0) is 14.1. The maximum atomic E-state index is 11.5. The van der Waals surface area contributed by atoms with E-state index < -0.39 is 0 Å². The van der Waals surface area contributed by atoms with Crippen LogP contribution in [0.4, 0.5) is 0 Å². The maximum Gasteiger partial charge on any atom is 0.219 e. The lowest BCUT2D eigenvalue weighted by molar-refractivity contribution is -0.120. The molecule has 1 amide bonds. The number of amides is 1. The summed E-state index contributed by atoms with van der Waals surface area (Å²) in [5.41, 5.74) is 1.31. The van der Waals surface area contributed by atoms with Gasteiger partial charge in [0.1, 0.15) is 5.75 Å². The molecule has 3 rings (SSSR count). The minimum atomic E-state index is 0.135. The Morgan fingerprint density at radius 3 is 2.95 bits per heavy atom. The molecule has 0 bridgehead atoms. The van der Waals surface area contributed by atoms with E-state index in [1.807, 2.05) is 13.0 Å². The molecule has 2 aromatic carbocycles. The van der Waals surface area contributed by atoms with Crippen LogP contribution in [0.2, 0.25) is 0 Å². The normalized spacial score (nSPS) is 20.7. The molecule has 104 valence electrons. The number of carbonyl (C=O) groups excluding carboxylic acids is 1. The van der Waals surface area contributed by atoms with E-state index in [-0.39, 0.29) is 5.91 Å². The number of carbonyl (C=O) groups is 1. The molecule has 1 fully saturated rings. The van der Waals surface area contributed by atoms with Gasteiger partial charge < -0.3 is 10.1 Å². The van der Waals surface area contributed by atoms with Crippen LogP contribution in [-0.2, 0) is 4.79 Å². The standard InChI is InChI=1S/C17H19NO2/c1-3-17(19)18-16-10-15(16)13-6-4-5-11-7-8-12(20-2)9-14(11)13/h4-9,15-16H,3,10H2,1-2H3,(H,18,19). The third-order valence-electron chi connectivity index (χ3n) is 3.98. The molecular formula is C17H19NO2. The average molecular weight is 269 g/mol. The minimum Gasteiger partial charge on any atom is -0.497 e. The van der Waals surface area contributed by atoms with Crippen molar-refractivity contribution in [3.8, 4) is 5.75 Å². The number of hydrogen-bond acceptors (Lipinski definition) is 2. The summed E-state index contributed by atoms with van der Waals surface area (Å²) in [5, 5.41) is 5.52. The summed E-state index contributed by atoms with van der Waals surface area (Å²) < 4.78 is 5.32. The molecule has 2 aromatic rings. The third kappa shape index (κ3) is 2.36. The quantitative estimate of drug-likeness (QED) is 0.925. The second-order valence-electron chi connectivity index (χ2n) is 5.30. The molecule has 1 N–H and O–H groups in total. The van der Waals surface area contributed by atoms with Crippen LogP contribution in [0.25, 0.3) is 10.8 Å². The summed E-state index contributed by atoms with van der Waals surface area (Å²) >= 11 is 0. The monoisotopic (exact) mass is 269 g/mol. The molecule has 1 aliphatic rings. The highest BCUT2D eigenvalue weighted by atomic mass is 16.5. The summed E-state index contributed by atoms with van der Waals surface area (Å²) in [6.45, 7) is 1.88. The summed E-state index contributed by atoms with van der Waals surface area (Å²) in [6.07, 6.45) is 1.58. The second-order valence-corrected chi connectivity index (χ2v) is 5.30. The van der Waals surface area contributed by atoms with Gasteiger partial charge in [-0.25, -0.2) is 0 Å². The lowest BCUT2D eigenvalue weighted by atomic mass is 10.0. The van der Waals surface area contributed by atoms with Crippen LogP contribution >= 0.6 is 0 Å². The number of rotatable bonds is 4. The van der Waals surface area contributed by atoms with Gasteiger partial charge in [0.15, 0.2) is 0 Å². The van der Waals surface area contributed by atoms with E-state index in [0.29, 0.717) is 18.4 Å². The molecule has 0 spiro atoms. The highest BCUT2D eigenvalue weighted by molar-refractivity contribution is 5.88. The van der Waals surface area contributed by atoms with E-state index in [4.69, 9.17) is 4.74 Å². The SMILES string of the molecule is CCC(=O)NC1CC1c1cccc2ccc(OC)cc12. The first-order valence-corrected chi connectivity index (χ1v) is 7.09. The molecule has 2 atom stereocenters. The zero-order valence-corrected chi connectivity index (χ0v) is 11.8. The fourth-order valence-corrected chi connectivity index (χ4v) is 2.73. The minimum absolute atomic E-state index is 0.135. The Balaban J connectivity index is 1.90. The van der Waals surface area contributed by atoms with Crippen LogP contribution in [0.3, 0.4) is 0 Å². The first-order chi connectivity index (χ1) is 9.72. The summed E-state index contributed by atoms with van der Waals surface area (Å²) in [6, 6.07) is 12.8. The lowest BCUT2D eigenvalue weighted by Crippen LogP contribution is -2.25. The van der Waals surface area contributed by atoms with E-state index in [0.717, 1.165) is 12.2 Å². The summed E-state index contributed by atoms with van der Waals surface area (Å²) in [4.78, 5) is 11.5. The Labute approximate surface area is 118 Å². The van der Waals surface area contributed by atoms with Crippen molar-refractivity contribution in [2.24, 2.45) is 0 Å². The summed E-state index contributed by atoms with van der Waals surface area (Å²) in [5.74, 6) is 1.44. The number of fused-ring (bicyclic) bond motifs is 1. The van der Waals surface area contributed by atoms with Crippen LogP contribution in [0.15, 0.2) is 36.4 Å². The number of methoxy groups -OCH3 is 1. The predicted octanol–water partition coefficient (Wildman–Crippen LogP) is 3.23. The van der Waals surface area contributed by atoms with Gasteiger partial charge in [0, 0.05) is 18.4 Å². The first-order valence-electron chi connectivity index (χ1n) is 7.09. The van der Waals surface area contributed by atoms with Gasteiger partial charge in [0.05, 0.1) is 7.11 Å². The molecule has 0 radical (unpaired) electrons. The largest absolute Gasteiger partial charge is 0.497 e. The van der Waals surface area contributed by atoms with E-state index >= 15 is 0 Å². The number of nitrogens with one attached hydrogen (secondary N) is 1. The molecule has 2 unspecified atom stereocenters. The third-order valence-corrected chi connectivity index (χ3v) is 3.98. The van der Waals surface area contributed by atoms with E-state index in [1.54, 1.807) is 7.11 Å². The number of benzene rings is 2. The van der Waals surface area contributed by atoms with Crippen molar-refractivity contribution >= 4 is 16.7 Å². The molecule has 20 heavy (non-hydrogen) atoms. The highest BCUT2D eigenvalue weighted by Crippen LogP contribution is 2.44. The van der Waals surface area contributed by atoms with Gasteiger partial charge in [-0.1, -0.05) is 31.2 Å². The molecule has 3 heteroatoms. The van der Waals surface area contributed by atoms with Gasteiger partial charge in [-0.2, -0.15) is 0 Å². The smallest absolute Gasteiger partial charge is 0.219 e. The predicted molar refractivity (Wildman–Crippen MR) is 80.1 cm³/mol. The van der Waals surface area contributed by atoms with E-state index in [9.17, 15) is 4.79 Å². The molecular weight excluding hydrogens is 250 g/mol. The Hall–Kier alpha value is -2.03. The second kappa shape index (κ2) is 5.16. The van der Waals surface area contributed by atoms with Gasteiger partial charge in [0.25, 0.3) is 0 Å². The van der Waals surface area contributed by atoms with Gasteiger partial charge in [-0.15, -0.1) is 0 Å². The molecule has 1 aliphatic carbocycles. The van der Waals surface area contributed by atoms with Crippen molar-refractivity contribution in [1.29, 1.82) is 0 Å². The van der Waals surface area contributed by atoms with E-state index in [1.165, 1.54) is 16.3 Å². The topological polar surface area (TPSA) is 38.3 Å². The molecule has 0 aromatic heterocycles. The molecule has 0 heterocycles. The van der Waals surface area contributed by atoms with E-state index in [2.05, 4.69) is 35.6 Å². The van der Waals surface area contributed by atoms with Crippen LogP contribution in [0.1, 0.15) is 31.2 Å². The Morgan fingerprint density at radius 1 is 1.35 bits per heavy atom. The fraction of sp³-hybridized carbons (Fsp3) is 0.353. The average Bonchev–Trinajstić information content (AvgIpc) is 3.24. The molecule has 0 saturated heterocycles. The van der Waals surface area contributed by atoms with Crippen molar-refractivity contribution < 1.29 is 9.53 Å². The van der Waals surface area contributed by atoms with Gasteiger partial charge in [0.2, 0.25) is 5.91 Å². The highest BCUT2D eigenvalue weighted by Gasteiger charge is 2.39. The van der Waals surface area contributed by atoms with Crippen LogP contribution < -0.4 is 10.1 Å². The van der Waals surface area contributed by atoms with Crippen molar-refractivity contribution in [3.05, 3.63) is 42.0 Å². The maximum absolute atomic E-state index is 11.5. The lowest BCUT2D eigenvalue weighted by Gasteiger charge is -2.09. The van der Waals surface area contributed by atoms with Crippen molar-refractivity contribution in [3.63, 3.8) is 0 Å². The van der Waals surface area contributed by atoms with Crippen molar-refractivity contribution in [2.45, 2.75) is 31.7 Å². The van der Waals surface area contributed by atoms with Crippen molar-refractivity contribution in [2.75, 3.05) is 7.11 Å². The first kappa shape index (κ1) is 13.0. The zero-order valence-electron chi connectivity index (χ0n) is 11.8. The Bertz CT molecular complexity index is 650. The molecule has 3 nitrogen and oxygen atoms in total. The van der Waals surface area contributed by atoms with Gasteiger partial charge in [-0.05, 0) is 34.9 Å². The number of ether oxygens (including phenoxy) is 1. The fourth-order valence-electron chi connectivity index (χ4n) is 2.73. The van der Waals surface area contributed by atoms with Gasteiger partial charge >= 0.3 is 0 Å². The van der Waals surface area contributed by atoms with Crippen LogP contribution in [-0.4, -0.2) is 19.1 Å². The van der Waals surface area contributed by atoms with Gasteiger partial charge in [-0.3, -0.25) is 4.79 Å². The molecule has 1 saturated carbocycles. The Kier molecular flexibility index (Phi) is 3.35. The Morgan fingerprint density at radius 2 is 2.20 bits per heavy atom. The number of hydrogen-bond donors (Lipinski definition) is 1. The molecule has 0 aliphatic heterocycles. The van der Waals surface area contributed by atoms with Crippen LogP contribution in [0.5, 0.6) is 5.75 Å².